The van der Waals surface area contributed by atoms with Crippen molar-refractivity contribution < 1.29 is 33.9 Å². The lowest BCUT2D eigenvalue weighted by Crippen LogP contribution is -2.63. The lowest BCUT2D eigenvalue weighted by atomic mass is 9.44. The second-order valence-corrected chi connectivity index (χ2v) is 12.4. The van der Waals surface area contributed by atoms with Crippen molar-refractivity contribution in [2.75, 3.05) is 6.61 Å². The minimum atomic E-state index is -0.768. The van der Waals surface area contributed by atoms with Crippen LogP contribution in [0.15, 0.2) is 43.0 Å². The summed E-state index contributed by atoms with van der Waals surface area (Å²) in [7, 11) is 0. The van der Waals surface area contributed by atoms with E-state index in [2.05, 4.69) is 13.5 Å². The molecule has 216 valence electrons. The Labute approximate surface area is 234 Å². The van der Waals surface area contributed by atoms with Crippen LogP contribution in [0.25, 0.3) is 6.08 Å². The molecular weight excluding hydrogens is 514 g/mol. The number of ether oxygens (including phenoxy) is 2. The van der Waals surface area contributed by atoms with E-state index in [1.165, 1.54) is 30.3 Å². The monoisotopic (exact) mass is 553 g/mol. The molecule has 0 heterocycles. The van der Waals surface area contributed by atoms with Gasteiger partial charge in [0.05, 0.1) is 11.0 Å². The zero-order valence-corrected chi connectivity index (χ0v) is 23.6. The predicted molar refractivity (Wildman–Crippen MR) is 148 cm³/mol. The highest BCUT2D eigenvalue weighted by molar-refractivity contribution is 5.88. The summed E-state index contributed by atoms with van der Waals surface area (Å²) in [6, 6.07) is 5.63. The van der Waals surface area contributed by atoms with E-state index in [4.69, 9.17) is 9.47 Å². The molecule has 1 N–H and O–H groups in total. The fourth-order valence-corrected chi connectivity index (χ4v) is 7.74. The van der Waals surface area contributed by atoms with Gasteiger partial charge in [-0.3, -0.25) is 14.9 Å². The van der Waals surface area contributed by atoms with Crippen molar-refractivity contribution in [1.82, 2.24) is 0 Å². The quantitative estimate of drug-likeness (QED) is 0.163. The summed E-state index contributed by atoms with van der Waals surface area (Å²) in [5.74, 6) is -1.71. The molecule has 1 aromatic carbocycles. The Hall–Kier alpha value is -3.33. The molecule has 4 rings (SSSR count). The van der Waals surface area contributed by atoms with E-state index in [1.54, 1.807) is 6.08 Å². The third kappa shape index (κ3) is 5.00. The Balaban J connectivity index is 1.52. The first-order chi connectivity index (χ1) is 18.8. The lowest BCUT2D eigenvalue weighted by Gasteiger charge is -2.61. The van der Waals surface area contributed by atoms with Crippen LogP contribution in [0, 0.1) is 44.1 Å². The Bertz CT molecular complexity index is 1220. The zero-order valence-electron chi connectivity index (χ0n) is 23.6. The van der Waals surface area contributed by atoms with E-state index in [1.807, 2.05) is 20.8 Å². The first-order valence-corrected chi connectivity index (χ1v) is 13.9. The molecule has 3 fully saturated rings. The molecule has 3 aliphatic rings. The second kappa shape index (κ2) is 10.9. The molecule has 0 aliphatic heterocycles. The first-order valence-electron chi connectivity index (χ1n) is 13.9. The van der Waals surface area contributed by atoms with Crippen LogP contribution in [-0.2, 0) is 23.9 Å². The Morgan fingerprint density at radius 2 is 1.88 bits per heavy atom. The first kappa shape index (κ1) is 29.6. The highest BCUT2D eigenvalue weighted by Gasteiger charge is 2.68. The third-order valence-corrected chi connectivity index (χ3v) is 10.4. The number of nitrogens with zero attached hydrogens (tertiary/aromatic N) is 1. The van der Waals surface area contributed by atoms with Crippen LogP contribution >= 0.6 is 0 Å². The smallest absolute Gasteiger partial charge is 0.344 e. The number of Topliss-reactive ketones (excluding diaryl/α,β-unsaturated/α-hetero) is 1. The predicted octanol–water partition coefficient (Wildman–Crippen LogP) is 5.06. The van der Waals surface area contributed by atoms with Crippen molar-refractivity contribution in [2.45, 2.75) is 72.0 Å². The van der Waals surface area contributed by atoms with Gasteiger partial charge in [-0.1, -0.05) is 33.8 Å². The molecule has 1 aromatic rings. The normalized spacial score (nSPS) is 37.2. The summed E-state index contributed by atoms with van der Waals surface area (Å²) in [6.45, 7) is 11.5. The van der Waals surface area contributed by atoms with Gasteiger partial charge in [-0.05, 0) is 66.7 Å². The van der Waals surface area contributed by atoms with Crippen LogP contribution in [0.4, 0.5) is 5.69 Å². The van der Waals surface area contributed by atoms with Crippen LogP contribution in [-0.4, -0.2) is 46.6 Å². The van der Waals surface area contributed by atoms with Crippen molar-refractivity contribution in [3.8, 4) is 0 Å². The summed E-state index contributed by atoms with van der Waals surface area (Å²) >= 11 is 0. The van der Waals surface area contributed by atoms with Crippen molar-refractivity contribution in [3.63, 3.8) is 0 Å². The number of ketones is 1. The molecule has 0 saturated heterocycles. The lowest BCUT2D eigenvalue weighted by molar-refractivity contribution is -0.384. The Morgan fingerprint density at radius 3 is 2.50 bits per heavy atom. The summed E-state index contributed by atoms with van der Waals surface area (Å²) in [4.78, 5) is 49.1. The van der Waals surface area contributed by atoms with E-state index >= 15 is 0 Å². The van der Waals surface area contributed by atoms with Gasteiger partial charge in [-0.2, -0.15) is 0 Å². The second-order valence-electron chi connectivity index (χ2n) is 12.4. The van der Waals surface area contributed by atoms with Crippen LogP contribution in [0.2, 0.25) is 0 Å². The van der Waals surface area contributed by atoms with Gasteiger partial charge in [-0.25, -0.2) is 9.59 Å². The standard InChI is InChI=1S/C31H39NO8/c1-6-29(4)17-24(30(5)19(2)13-15-31(20(3)28(29)36)16-14-23(33)27(30)31)40-26(35)18-39-25(34)12-9-21-7-10-22(11-8-21)32(37)38/h6-12,19-20,24,27-28,36H,1,13-18H2,2-5H3/b12-9+/t19-,20+,24-,27+,28+,29?,30+,31?/m1/s1. The number of aliphatic hydroxyl groups is 1. The average Bonchev–Trinajstić information content (AvgIpc) is 3.29. The summed E-state index contributed by atoms with van der Waals surface area (Å²) in [5, 5.41) is 22.4. The van der Waals surface area contributed by atoms with Crippen LogP contribution < -0.4 is 0 Å². The van der Waals surface area contributed by atoms with Gasteiger partial charge in [0.25, 0.3) is 5.69 Å². The van der Waals surface area contributed by atoms with Gasteiger partial charge in [0.2, 0.25) is 0 Å². The molecule has 9 heteroatoms. The van der Waals surface area contributed by atoms with Crippen molar-refractivity contribution >= 4 is 29.5 Å². The molecule has 0 amide bonds. The van der Waals surface area contributed by atoms with Crippen LogP contribution in [0.3, 0.4) is 0 Å². The highest BCUT2D eigenvalue weighted by atomic mass is 16.6. The van der Waals surface area contributed by atoms with Crippen LogP contribution in [0.1, 0.15) is 65.4 Å². The number of benzene rings is 1. The summed E-state index contributed by atoms with van der Waals surface area (Å²) in [6.07, 6.45) is 5.99. The molecular formula is C31H39NO8. The number of hydrogen-bond acceptors (Lipinski definition) is 8. The number of hydrogen-bond donors (Lipinski definition) is 1. The van der Waals surface area contributed by atoms with E-state index in [9.17, 15) is 29.6 Å². The maximum Gasteiger partial charge on any atom is 0.344 e. The van der Waals surface area contributed by atoms with Crippen molar-refractivity contribution in [3.05, 3.63) is 58.7 Å². The molecule has 0 spiro atoms. The largest absolute Gasteiger partial charge is 0.459 e. The van der Waals surface area contributed by atoms with E-state index in [0.29, 0.717) is 24.8 Å². The average molecular weight is 554 g/mol. The van der Waals surface area contributed by atoms with E-state index in [0.717, 1.165) is 18.9 Å². The van der Waals surface area contributed by atoms with Crippen molar-refractivity contribution in [2.24, 2.45) is 34.0 Å². The number of carbonyl (C=O) groups is 3. The Kier molecular flexibility index (Phi) is 8.09. The number of rotatable bonds is 7. The van der Waals surface area contributed by atoms with Gasteiger partial charge < -0.3 is 14.6 Å². The molecule has 8 atom stereocenters. The molecule has 2 bridgehead atoms. The maximum absolute atomic E-state index is 13.5. The molecule has 40 heavy (non-hydrogen) atoms. The minimum Gasteiger partial charge on any atom is -0.459 e. The Morgan fingerprint density at radius 1 is 1.20 bits per heavy atom. The number of carbonyl (C=O) groups excluding carboxylic acids is 3. The molecule has 3 aliphatic carbocycles. The topological polar surface area (TPSA) is 133 Å². The van der Waals surface area contributed by atoms with Gasteiger partial charge in [0.1, 0.15) is 11.9 Å². The molecule has 0 aromatic heterocycles. The maximum atomic E-state index is 13.5. The minimum absolute atomic E-state index is 0.0660. The molecule has 2 unspecified atom stereocenters. The zero-order chi connectivity index (χ0) is 29.5. The number of non-ortho nitro benzene ring substituents is 1. The highest BCUT2D eigenvalue weighted by Crippen LogP contribution is 2.68. The van der Waals surface area contributed by atoms with Gasteiger partial charge in [0.15, 0.2) is 6.61 Å². The summed E-state index contributed by atoms with van der Waals surface area (Å²) in [5.41, 5.74) is -1.29. The van der Waals surface area contributed by atoms with E-state index < -0.39 is 46.5 Å². The van der Waals surface area contributed by atoms with E-state index in [-0.39, 0.29) is 34.6 Å². The summed E-state index contributed by atoms with van der Waals surface area (Å²) < 4.78 is 11.2. The fraction of sp³-hybridized carbons (Fsp3) is 0.581. The van der Waals surface area contributed by atoms with Crippen molar-refractivity contribution in [1.29, 1.82) is 0 Å². The third-order valence-electron chi connectivity index (χ3n) is 10.4. The number of nitro benzene ring substituents is 1. The molecule has 9 nitrogen and oxygen atoms in total. The van der Waals surface area contributed by atoms with Gasteiger partial charge in [-0.15, -0.1) is 6.58 Å². The SMILES string of the molecule is C=CC1(C)C[C@@H](OC(=O)COC(=O)/C=C/c2ccc([N+](=O)[O-])cc2)[C@]2(C)[C@H](C)CCC3(CCC(=O)[C@H]32)[C@@H](C)[C@@H]1O. The fourth-order valence-electron chi connectivity index (χ4n) is 7.74. The molecule has 3 saturated carbocycles. The number of esters is 2. The van der Waals surface area contributed by atoms with Crippen LogP contribution in [0.5, 0.6) is 0 Å². The number of nitro groups is 1. The van der Waals surface area contributed by atoms with Gasteiger partial charge >= 0.3 is 11.9 Å². The number of aliphatic hydroxyl groups excluding tert-OH is 1. The van der Waals surface area contributed by atoms with Gasteiger partial charge in [0, 0.05) is 41.4 Å². The molecule has 0 radical (unpaired) electrons.